The monoisotopic (exact) mass is 552 g/mol. The Labute approximate surface area is 225 Å². The second-order valence-corrected chi connectivity index (χ2v) is 9.75. The second kappa shape index (κ2) is 8.97. The van der Waals surface area contributed by atoms with Gasteiger partial charge in [0, 0.05) is 28.6 Å². The molecule has 3 heterocycles. The van der Waals surface area contributed by atoms with Crippen LogP contribution in [0, 0.1) is 0 Å². The van der Waals surface area contributed by atoms with Crippen LogP contribution in [0.2, 0.25) is 10.0 Å². The average Bonchev–Trinajstić information content (AvgIpc) is 3.53. The molecule has 2 atom stereocenters. The second-order valence-electron chi connectivity index (χ2n) is 8.93. The summed E-state index contributed by atoms with van der Waals surface area (Å²) in [6, 6.07) is 12.5. The van der Waals surface area contributed by atoms with E-state index in [9.17, 15) is 24.6 Å². The van der Waals surface area contributed by atoms with Crippen molar-refractivity contribution in [2.75, 3.05) is 6.79 Å². The Hall–Kier alpha value is -4.21. The molecule has 3 N–H and O–H groups in total. The molecule has 9 nitrogen and oxygen atoms in total. The van der Waals surface area contributed by atoms with Crippen LogP contribution < -0.4 is 9.47 Å². The van der Waals surface area contributed by atoms with E-state index in [2.05, 4.69) is 4.98 Å². The van der Waals surface area contributed by atoms with Gasteiger partial charge in [0.2, 0.25) is 6.79 Å². The Morgan fingerprint density at radius 1 is 0.947 bits per heavy atom. The number of aliphatic carboxylic acids is 1. The number of aromatic amines is 1. The predicted octanol–water partition coefficient (Wildman–Crippen LogP) is 5.14. The number of carbonyl (C=O) groups excluding carboxylic acids is 1. The van der Waals surface area contributed by atoms with E-state index in [1.165, 1.54) is 4.90 Å². The number of rotatable bonds is 4. The van der Waals surface area contributed by atoms with E-state index < -0.39 is 35.5 Å². The summed E-state index contributed by atoms with van der Waals surface area (Å²) in [4.78, 5) is 43.5. The number of ether oxygens (including phenoxy) is 2. The molecule has 2 aliphatic rings. The van der Waals surface area contributed by atoms with E-state index in [-0.39, 0.29) is 28.8 Å². The lowest BCUT2D eigenvalue weighted by molar-refractivity contribution is -0.143. The van der Waals surface area contributed by atoms with Crippen molar-refractivity contribution in [3.05, 3.63) is 92.6 Å². The molecule has 2 unspecified atom stereocenters. The maximum atomic E-state index is 14.2. The number of carboxylic acid groups (broad SMARTS) is 2. The first-order valence-corrected chi connectivity index (χ1v) is 12.3. The fourth-order valence-electron chi connectivity index (χ4n) is 5.26. The van der Waals surface area contributed by atoms with Gasteiger partial charge in [-0.15, -0.1) is 0 Å². The first-order valence-electron chi connectivity index (χ1n) is 11.5. The van der Waals surface area contributed by atoms with E-state index in [4.69, 9.17) is 32.7 Å². The normalized spacial score (nSPS) is 17.9. The summed E-state index contributed by atoms with van der Waals surface area (Å²) in [6.45, 7) is -0.0368. The molecule has 0 saturated heterocycles. The Morgan fingerprint density at radius 2 is 1.68 bits per heavy atom. The topological polar surface area (TPSA) is 129 Å². The summed E-state index contributed by atoms with van der Waals surface area (Å²) in [7, 11) is 0. The van der Waals surface area contributed by atoms with Crippen LogP contribution in [0.3, 0.4) is 0 Å². The molecule has 0 radical (unpaired) electrons. The third kappa shape index (κ3) is 3.66. The van der Waals surface area contributed by atoms with Crippen LogP contribution in [0.25, 0.3) is 10.9 Å². The van der Waals surface area contributed by atoms with Crippen LogP contribution in [-0.4, -0.2) is 50.8 Å². The predicted molar refractivity (Wildman–Crippen MR) is 137 cm³/mol. The maximum Gasteiger partial charge on any atom is 0.336 e. The molecule has 1 aromatic heterocycles. The van der Waals surface area contributed by atoms with Gasteiger partial charge in [-0.3, -0.25) is 4.79 Å². The van der Waals surface area contributed by atoms with E-state index in [0.29, 0.717) is 22.8 Å². The molecule has 2 aliphatic heterocycles. The molecule has 0 saturated carbocycles. The number of benzene rings is 3. The maximum absolute atomic E-state index is 14.2. The lowest BCUT2D eigenvalue weighted by Gasteiger charge is -2.40. The third-order valence-corrected chi connectivity index (χ3v) is 7.62. The van der Waals surface area contributed by atoms with E-state index in [0.717, 1.165) is 28.6 Å². The molecular formula is C27H18Cl2N2O7. The van der Waals surface area contributed by atoms with Crippen molar-refractivity contribution >= 4 is 52.0 Å². The summed E-state index contributed by atoms with van der Waals surface area (Å²) in [6.07, 6.45) is -0.00692. The van der Waals surface area contributed by atoms with Crippen LogP contribution in [0.15, 0.2) is 54.6 Å². The molecule has 6 rings (SSSR count). The number of fused-ring (bicyclic) bond motifs is 4. The first kappa shape index (κ1) is 24.1. The number of para-hydroxylation sites is 2. The molecule has 0 fully saturated rings. The minimum atomic E-state index is -1.41. The highest BCUT2D eigenvalue weighted by Crippen LogP contribution is 2.48. The molecule has 0 aliphatic carbocycles. The number of nitrogens with one attached hydrogen (secondary N) is 1. The summed E-state index contributed by atoms with van der Waals surface area (Å²) >= 11 is 12.2. The lowest BCUT2D eigenvalue weighted by Crippen LogP contribution is -2.51. The number of hydrogen-bond donors (Lipinski definition) is 3. The highest BCUT2D eigenvalue weighted by Gasteiger charge is 2.46. The van der Waals surface area contributed by atoms with Gasteiger partial charge in [-0.05, 0) is 29.8 Å². The van der Waals surface area contributed by atoms with E-state index >= 15 is 0 Å². The molecule has 38 heavy (non-hydrogen) atoms. The third-order valence-electron chi connectivity index (χ3n) is 6.89. The zero-order valence-corrected chi connectivity index (χ0v) is 20.9. The van der Waals surface area contributed by atoms with E-state index in [1.807, 2.05) is 24.3 Å². The summed E-state index contributed by atoms with van der Waals surface area (Å²) < 4.78 is 11.3. The fraction of sp³-hybridized carbons (Fsp3) is 0.148. The number of halogens is 2. The molecule has 1 amide bonds. The van der Waals surface area contributed by atoms with Gasteiger partial charge in [-0.25, -0.2) is 9.59 Å². The Balaban J connectivity index is 1.64. The Kier molecular flexibility index (Phi) is 5.70. The quantitative estimate of drug-likeness (QED) is 0.319. The highest BCUT2D eigenvalue weighted by atomic mass is 35.5. The number of nitrogens with zero attached hydrogens (tertiary/aromatic N) is 1. The van der Waals surface area contributed by atoms with Gasteiger partial charge in [0.25, 0.3) is 5.91 Å². The minimum Gasteiger partial charge on any atom is -0.480 e. The van der Waals surface area contributed by atoms with Crippen LogP contribution in [0.1, 0.15) is 43.6 Å². The van der Waals surface area contributed by atoms with Crippen molar-refractivity contribution in [1.82, 2.24) is 9.88 Å². The number of H-pyrrole nitrogens is 1. The molecular weight excluding hydrogens is 535 g/mol. The standard InChI is InChI=1S/C27H18Cl2N2O7/c28-17-8-15(16(26(33)34)9-18(17)29)25(32)31-20(27(35)36)10-14-12-4-1-2-6-19(12)30-22(14)23(31)13-5-3-7-21-24(13)38-11-37-21/h1-9,20,23,30H,10-11H2,(H,33,34)(H,35,36). The van der Waals surface area contributed by atoms with Crippen molar-refractivity contribution < 1.29 is 34.1 Å². The molecule has 11 heteroatoms. The number of aromatic nitrogens is 1. The van der Waals surface area contributed by atoms with Gasteiger partial charge in [0.15, 0.2) is 11.5 Å². The lowest BCUT2D eigenvalue weighted by atomic mass is 9.86. The van der Waals surface area contributed by atoms with Crippen molar-refractivity contribution in [2.24, 2.45) is 0 Å². The van der Waals surface area contributed by atoms with Gasteiger partial charge in [0.1, 0.15) is 12.1 Å². The van der Waals surface area contributed by atoms with Gasteiger partial charge in [-0.1, -0.05) is 53.5 Å². The van der Waals surface area contributed by atoms with Gasteiger partial charge in [-0.2, -0.15) is 0 Å². The van der Waals surface area contributed by atoms with Crippen molar-refractivity contribution in [3.63, 3.8) is 0 Å². The van der Waals surface area contributed by atoms with Crippen molar-refractivity contribution in [1.29, 1.82) is 0 Å². The molecule has 0 spiro atoms. The smallest absolute Gasteiger partial charge is 0.336 e. The van der Waals surface area contributed by atoms with Crippen molar-refractivity contribution in [2.45, 2.75) is 18.5 Å². The van der Waals surface area contributed by atoms with Crippen molar-refractivity contribution in [3.8, 4) is 11.5 Å². The summed E-state index contributed by atoms with van der Waals surface area (Å²) in [5.74, 6) is -2.67. The van der Waals surface area contributed by atoms with Gasteiger partial charge >= 0.3 is 11.9 Å². The fourth-order valence-corrected chi connectivity index (χ4v) is 5.59. The number of amides is 1. The molecule has 3 aromatic carbocycles. The highest BCUT2D eigenvalue weighted by molar-refractivity contribution is 6.42. The minimum absolute atomic E-state index is 0.00692. The van der Waals surface area contributed by atoms with Crippen LogP contribution in [-0.2, 0) is 11.2 Å². The Morgan fingerprint density at radius 3 is 2.42 bits per heavy atom. The average molecular weight is 553 g/mol. The number of aromatic carboxylic acids is 1. The zero-order chi connectivity index (χ0) is 26.7. The Bertz CT molecular complexity index is 1660. The SMILES string of the molecule is O=C(O)c1cc(Cl)c(Cl)cc1C(=O)N1C(C(=O)O)Cc2c([nH]c3ccccc23)C1c1cccc2c1OCO2. The summed E-state index contributed by atoms with van der Waals surface area (Å²) in [5.41, 5.74) is 1.92. The number of hydrogen-bond acceptors (Lipinski definition) is 5. The van der Waals surface area contributed by atoms with Crippen LogP contribution >= 0.6 is 23.2 Å². The number of carboxylic acids is 2. The van der Waals surface area contributed by atoms with Gasteiger partial charge in [0.05, 0.1) is 21.2 Å². The zero-order valence-electron chi connectivity index (χ0n) is 19.4. The first-order chi connectivity index (χ1) is 18.3. The molecule has 0 bridgehead atoms. The largest absolute Gasteiger partial charge is 0.480 e. The molecule has 192 valence electrons. The van der Waals surface area contributed by atoms with E-state index in [1.54, 1.807) is 18.2 Å². The number of carbonyl (C=O) groups is 3. The summed E-state index contributed by atoms with van der Waals surface area (Å²) in [5, 5.41) is 20.9. The van der Waals surface area contributed by atoms with Crippen LogP contribution in [0.4, 0.5) is 0 Å². The molecule has 4 aromatic rings. The van der Waals surface area contributed by atoms with Crippen LogP contribution in [0.5, 0.6) is 11.5 Å². The van der Waals surface area contributed by atoms with Gasteiger partial charge < -0.3 is 29.6 Å².